The summed E-state index contributed by atoms with van der Waals surface area (Å²) in [4.78, 5) is 13.3. The Hall–Kier alpha value is -2.24. The molecule has 0 aliphatic heterocycles. The summed E-state index contributed by atoms with van der Waals surface area (Å²) in [6.07, 6.45) is 0. The summed E-state index contributed by atoms with van der Waals surface area (Å²) in [6, 6.07) is 7.52. The number of ether oxygens (including phenoxy) is 1. The number of aromatic amines is 2. The topological polar surface area (TPSA) is 82.8 Å². The molecule has 0 aliphatic carbocycles. The van der Waals surface area contributed by atoms with Crippen LogP contribution in [0.25, 0.3) is 0 Å². The zero-order chi connectivity index (χ0) is 11.4. The zero-order valence-corrected chi connectivity index (χ0v) is 8.78. The summed E-state index contributed by atoms with van der Waals surface area (Å²) in [6.45, 7) is 0.228. The van der Waals surface area contributed by atoms with Crippen LogP contribution in [0.1, 0.15) is 5.82 Å². The number of nitrogens with one attached hydrogen (secondary N) is 3. The van der Waals surface area contributed by atoms with Crippen molar-refractivity contribution in [3.63, 3.8) is 0 Å². The molecule has 0 saturated heterocycles. The fraction of sp³-hybridized carbons (Fsp3) is 0.200. The lowest BCUT2D eigenvalue weighted by atomic mass is 10.3. The SMILES string of the molecule is CNc1cccc(OCc2n[nH]c(=O)[nH]2)c1. The maximum atomic E-state index is 10.8. The van der Waals surface area contributed by atoms with Crippen molar-refractivity contribution in [1.29, 1.82) is 0 Å². The summed E-state index contributed by atoms with van der Waals surface area (Å²) < 4.78 is 5.46. The third-order valence-electron chi connectivity index (χ3n) is 2.05. The maximum absolute atomic E-state index is 10.8. The lowest BCUT2D eigenvalue weighted by Gasteiger charge is -2.05. The van der Waals surface area contributed by atoms with Crippen LogP contribution in [0.3, 0.4) is 0 Å². The second-order valence-electron chi connectivity index (χ2n) is 3.19. The first-order valence-electron chi connectivity index (χ1n) is 4.82. The van der Waals surface area contributed by atoms with Crippen molar-refractivity contribution in [3.05, 3.63) is 40.6 Å². The molecule has 0 radical (unpaired) electrons. The van der Waals surface area contributed by atoms with Crippen LogP contribution in [0.2, 0.25) is 0 Å². The van der Waals surface area contributed by atoms with Gasteiger partial charge in [0.1, 0.15) is 12.4 Å². The summed E-state index contributed by atoms with van der Waals surface area (Å²) in [5, 5.41) is 9.02. The molecule has 0 atom stereocenters. The van der Waals surface area contributed by atoms with Crippen LogP contribution < -0.4 is 15.7 Å². The second-order valence-corrected chi connectivity index (χ2v) is 3.19. The highest BCUT2D eigenvalue weighted by Gasteiger charge is 2.00. The Morgan fingerprint density at radius 3 is 3.06 bits per heavy atom. The van der Waals surface area contributed by atoms with Crippen LogP contribution in [0.15, 0.2) is 29.1 Å². The fourth-order valence-electron chi connectivity index (χ4n) is 1.27. The Morgan fingerprint density at radius 2 is 2.38 bits per heavy atom. The van der Waals surface area contributed by atoms with E-state index >= 15 is 0 Å². The molecule has 3 N–H and O–H groups in total. The van der Waals surface area contributed by atoms with Crippen molar-refractivity contribution in [2.24, 2.45) is 0 Å². The molecule has 0 bridgehead atoms. The van der Waals surface area contributed by atoms with Gasteiger partial charge in [0.05, 0.1) is 0 Å². The molecular formula is C10H12N4O2. The Labute approximate surface area is 91.7 Å². The molecule has 0 saturated carbocycles. The van der Waals surface area contributed by atoms with Gasteiger partial charge in [0.2, 0.25) is 0 Å². The van der Waals surface area contributed by atoms with Crippen molar-refractivity contribution in [2.45, 2.75) is 6.61 Å². The van der Waals surface area contributed by atoms with Crippen molar-refractivity contribution < 1.29 is 4.74 Å². The highest BCUT2D eigenvalue weighted by atomic mass is 16.5. The van der Waals surface area contributed by atoms with Gasteiger partial charge in [0.15, 0.2) is 5.82 Å². The monoisotopic (exact) mass is 220 g/mol. The van der Waals surface area contributed by atoms with Crippen LogP contribution in [-0.4, -0.2) is 22.2 Å². The first-order valence-corrected chi connectivity index (χ1v) is 4.82. The van der Waals surface area contributed by atoms with Crippen LogP contribution in [0, 0.1) is 0 Å². The first-order chi connectivity index (χ1) is 7.78. The van der Waals surface area contributed by atoms with Crippen molar-refractivity contribution in [3.8, 4) is 5.75 Å². The van der Waals surface area contributed by atoms with Gasteiger partial charge in [0.25, 0.3) is 0 Å². The predicted molar refractivity (Wildman–Crippen MR) is 59.5 cm³/mol. The van der Waals surface area contributed by atoms with E-state index in [0.717, 1.165) is 11.4 Å². The summed E-state index contributed by atoms with van der Waals surface area (Å²) in [7, 11) is 1.84. The van der Waals surface area contributed by atoms with Gasteiger partial charge < -0.3 is 10.1 Å². The highest BCUT2D eigenvalue weighted by molar-refractivity contribution is 5.47. The third kappa shape index (κ3) is 2.41. The molecule has 0 unspecified atom stereocenters. The van der Waals surface area contributed by atoms with Crippen LogP contribution >= 0.6 is 0 Å². The van der Waals surface area contributed by atoms with Crippen LogP contribution in [0.5, 0.6) is 5.75 Å². The minimum atomic E-state index is -0.331. The molecule has 1 aromatic heterocycles. The van der Waals surface area contributed by atoms with E-state index in [1.807, 2.05) is 31.3 Å². The molecule has 84 valence electrons. The van der Waals surface area contributed by atoms with Gasteiger partial charge in [-0.2, -0.15) is 5.10 Å². The fourth-order valence-corrected chi connectivity index (χ4v) is 1.27. The van der Waals surface area contributed by atoms with Crippen molar-refractivity contribution in [2.75, 3.05) is 12.4 Å². The maximum Gasteiger partial charge on any atom is 0.340 e. The molecule has 0 fully saturated rings. The number of anilines is 1. The minimum absolute atomic E-state index is 0.228. The molecular weight excluding hydrogens is 208 g/mol. The average molecular weight is 220 g/mol. The summed E-state index contributed by atoms with van der Waals surface area (Å²) in [5.41, 5.74) is 0.635. The Morgan fingerprint density at radius 1 is 1.50 bits per heavy atom. The van der Waals surface area contributed by atoms with Gasteiger partial charge in [0, 0.05) is 18.8 Å². The Bertz CT molecular complexity index is 517. The smallest absolute Gasteiger partial charge is 0.340 e. The van der Waals surface area contributed by atoms with Crippen molar-refractivity contribution >= 4 is 5.69 Å². The highest BCUT2D eigenvalue weighted by Crippen LogP contribution is 2.17. The van der Waals surface area contributed by atoms with E-state index in [2.05, 4.69) is 20.5 Å². The number of hydrogen-bond acceptors (Lipinski definition) is 4. The average Bonchev–Trinajstić information content (AvgIpc) is 2.73. The molecule has 0 aliphatic rings. The molecule has 2 rings (SSSR count). The van der Waals surface area contributed by atoms with E-state index in [4.69, 9.17) is 4.74 Å². The zero-order valence-electron chi connectivity index (χ0n) is 8.78. The van der Waals surface area contributed by atoms with E-state index < -0.39 is 0 Å². The van der Waals surface area contributed by atoms with E-state index in [-0.39, 0.29) is 12.3 Å². The first kappa shape index (κ1) is 10.3. The Balaban J connectivity index is 2.01. The lowest BCUT2D eigenvalue weighted by molar-refractivity contribution is 0.296. The minimum Gasteiger partial charge on any atom is -0.486 e. The standard InChI is InChI=1S/C10H12N4O2/c1-11-7-3-2-4-8(5-7)16-6-9-12-10(15)14-13-9/h2-5,11H,6H2,1H3,(H2,12,13,14,15). The lowest BCUT2D eigenvalue weighted by Crippen LogP contribution is -2.03. The van der Waals surface area contributed by atoms with E-state index in [1.54, 1.807) is 0 Å². The summed E-state index contributed by atoms with van der Waals surface area (Å²) >= 11 is 0. The molecule has 6 heteroatoms. The molecule has 0 amide bonds. The normalized spacial score (nSPS) is 10.1. The summed E-state index contributed by atoms with van der Waals surface area (Å²) in [5.74, 6) is 1.19. The van der Waals surface area contributed by atoms with Gasteiger partial charge in [-0.25, -0.2) is 9.89 Å². The van der Waals surface area contributed by atoms with Gasteiger partial charge in [-0.05, 0) is 12.1 Å². The molecule has 6 nitrogen and oxygen atoms in total. The third-order valence-corrected chi connectivity index (χ3v) is 2.05. The predicted octanol–water partition coefficient (Wildman–Crippen LogP) is 0.719. The van der Waals surface area contributed by atoms with Gasteiger partial charge in [-0.1, -0.05) is 6.07 Å². The molecule has 16 heavy (non-hydrogen) atoms. The van der Waals surface area contributed by atoms with E-state index in [9.17, 15) is 4.79 Å². The van der Waals surface area contributed by atoms with E-state index in [0.29, 0.717) is 5.82 Å². The van der Waals surface area contributed by atoms with Crippen LogP contribution in [-0.2, 0) is 6.61 Å². The molecule has 0 spiro atoms. The number of rotatable bonds is 4. The van der Waals surface area contributed by atoms with Crippen molar-refractivity contribution in [1.82, 2.24) is 15.2 Å². The molecule has 1 heterocycles. The number of aromatic nitrogens is 3. The number of H-pyrrole nitrogens is 2. The largest absolute Gasteiger partial charge is 0.486 e. The van der Waals surface area contributed by atoms with Gasteiger partial charge in [-0.15, -0.1) is 0 Å². The van der Waals surface area contributed by atoms with E-state index in [1.165, 1.54) is 0 Å². The second kappa shape index (κ2) is 4.52. The van der Waals surface area contributed by atoms with Gasteiger partial charge in [-0.3, -0.25) is 4.98 Å². The van der Waals surface area contributed by atoms with Gasteiger partial charge >= 0.3 is 5.69 Å². The Kier molecular flexibility index (Phi) is 2.90. The number of hydrogen-bond donors (Lipinski definition) is 3. The molecule has 2 aromatic rings. The molecule has 1 aromatic carbocycles. The van der Waals surface area contributed by atoms with Crippen LogP contribution in [0.4, 0.5) is 5.69 Å². The number of benzene rings is 1. The number of nitrogens with zero attached hydrogens (tertiary/aromatic N) is 1. The quantitative estimate of drug-likeness (QED) is 0.709.